The molecule has 1 amide bonds. The van der Waals surface area contributed by atoms with Gasteiger partial charge in [-0.2, -0.15) is 0 Å². The number of carboxylic acid groups (broad SMARTS) is 1. The van der Waals surface area contributed by atoms with Crippen LogP contribution >= 0.6 is 0 Å². The Morgan fingerprint density at radius 3 is 2.25 bits per heavy atom. The van der Waals surface area contributed by atoms with Crippen LogP contribution in [0.15, 0.2) is 33.9 Å². The van der Waals surface area contributed by atoms with E-state index in [-0.39, 0.29) is 24.7 Å². The summed E-state index contributed by atoms with van der Waals surface area (Å²) < 4.78 is 0.895. The summed E-state index contributed by atoms with van der Waals surface area (Å²) in [5.74, 6) is -1.74. The summed E-state index contributed by atoms with van der Waals surface area (Å²) in [5, 5.41) is 12.2. The normalized spacial score (nSPS) is 13.6. The lowest BCUT2D eigenvalue weighted by Crippen LogP contribution is -2.49. The molecule has 0 unspecified atom stereocenters. The van der Waals surface area contributed by atoms with Gasteiger partial charge in [-0.15, -0.1) is 0 Å². The van der Waals surface area contributed by atoms with E-state index in [0.717, 1.165) is 4.57 Å². The van der Waals surface area contributed by atoms with Crippen LogP contribution in [0, 0.1) is 11.8 Å². The Bertz CT molecular complexity index is 974. The molecule has 0 aliphatic carbocycles. The molecule has 0 saturated heterocycles. The van der Waals surface area contributed by atoms with E-state index in [2.05, 4.69) is 10.3 Å². The Kier molecular flexibility index (Phi) is 6.77. The molecule has 8 heteroatoms. The van der Waals surface area contributed by atoms with E-state index in [0.29, 0.717) is 10.9 Å². The number of aliphatic carboxylic acids is 1. The molecule has 0 aliphatic rings. The predicted molar refractivity (Wildman–Crippen MR) is 106 cm³/mol. The maximum absolute atomic E-state index is 12.9. The van der Waals surface area contributed by atoms with Crippen LogP contribution in [0.1, 0.15) is 46.6 Å². The molecule has 2 atom stereocenters. The molecule has 3 N–H and O–H groups in total. The fourth-order valence-electron chi connectivity index (χ4n) is 3.20. The summed E-state index contributed by atoms with van der Waals surface area (Å²) in [7, 11) is 0. The number of para-hydroxylation sites is 1. The first kappa shape index (κ1) is 21.4. The number of hydrogen-bond acceptors (Lipinski definition) is 4. The van der Waals surface area contributed by atoms with Crippen LogP contribution in [0.4, 0.5) is 0 Å². The van der Waals surface area contributed by atoms with E-state index in [1.165, 1.54) is 0 Å². The Balaban J connectivity index is 2.51. The van der Waals surface area contributed by atoms with Crippen molar-refractivity contribution in [2.45, 2.75) is 52.6 Å². The molecule has 1 heterocycles. The first-order chi connectivity index (χ1) is 13.1. The molecule has 0 radical (unpaired) electrons. The Morgan fingerprint density at radius 1 is 1.07 bits per heavy atom. The van der Waals surface area contributed by atoms with Crippen LogP contribution in [0.5, 0.6) is 0 Å². The van der Waals surface area contributed by atoms with Gasteiger partial charge in [-0.3, -0.25) is 9.59 Å². The van der Waals surface area contributed by atoms with E-state index >= 15 is 0 Å². The van der Waals surface area contributed by atoms with Crippen LogP contribution in [-0.4, -0.2) is 32.6 Å². The second-order valence-corrected chi connectivity index (χ2v) is 7.83. The number of hydrogen-bond donors (Lipinski definition) is 3. The molecule has 152 valence electrons. The number of rotatable bonds is 8. The summed E-state index contributed by atoms with van der Waals surface area (Å²) in [4.78, 5) is 52.6. The third-order valence-electron chi connectivity index (χ3n) is 4.47. The molecular formula is C20H27N3O5. The summed E-state index contributed by atoms with van der Waals surface area (Å²) in [6.07, 6.45) is 0.472. The molecule has 0 bridgehead atoms. The third kappa shape index (κ3) is 4.88. The maximum Gasteiger partial charge on any atom is 0.329 e. The average Bonchev–Trinajstić information content (AvgIpc) is 2.59. The summed E-state index contributed by atoms with van der Waals surface area (Å²) in [5.41, 5.74) is -0.878. The SMILES string of the molecule is CC(C)C[C@H](NC(=O)[C@H](CC(C)C)n1c(=O)[nH]c2ccccc2c1=O)C(=O)O. The zero-order valence-corrected chi connectivity index (χ0v) is 16.6. The molecule has 1 aromatic carbocycles. The number of aromatic amines is 1. The van der Waals surface area contributed by atoms with Crippen LogP contribution in [0.2, 0.25) is 0 Å². The highest BCUT2D eigenvalue weighted by atomic mass is 16.4. The quantitative estimate of drug-likeness (QED) is 0.637. The predicted octanol–water partition coefficient (Wildman–Crippen LogP) is 1.89. The smallest absolute Gasteiger partial charge is 0.329 e. The van der Waals surface area contributed by atoms with Gasteiger partial charge in [-0.25, -0.2) is 14.2 Å². The largest absolute Gasteiger partial charge is 0.480 e. The van der Waals surface area contributed by atoms with Gasteiger partial charge in [-0.05, 0) is 36.8 Å². The van der Waals surface area contributed by atoms with Crippen LogP contribution in [-0.2, 0) is 9.59 Å². The van der Waals surface area contributed by atoms with Gasteiger partial charge in [0.05, 0.1) is 10.9 Å². The molecular weight excluding hydrogens is 362 g/mol. The molecule has 28 heavy (non-hydrogen) atoms. The first-order valence-electron chi connectivity index (χ1n) is 9.38. The number of nitrogens with zero attached hydrogens (tertiary/aromatic N) is 1. The second-order valence-electron chi connectivity index (χ2n) is 7.83. The lowest BCUT2D eigenvalue weighted by Gasteiger charge is -2.23. The number of benzene rings is 1. The van der Waals surface area contributed by atoms with Crippen molar-refractivity contribution in [1.82, 2.24) is 14.9 Å². The van der Waals surface area contributed by atoms with Gasteiger partial charge in [0, 0.05) is 0 Å². The molecule has 0 aliphatic heterocycles. The van der Waals surface area contributed by atoms with E-state index in [1.807, 2.05) is 27.7 Å². The maximum atomic E-state index is 12.9. The summed E-state index contributed by atoms with van der Waals surface area (Å²) in [6, 6.07) is 4.37. The lowest BCUT2D eigenvalue weighted by molar-refractivity contribution is -0.142. The average molecular weight is 389 g/mol. The Hall–Kier alpha value is -2.90. The van der Waals surface area contributed by atoms with E-state index in [1.54, 1.807) is 24.3 Å². The van der Waals surface area contributed by atoms with E-state index in [4.69, 9.17) is 0 Å². The highest BCUT2D eigenvalue weighted by Crippen LogP contribution is 2.17. The Morgan fingerprint density at radius 2 is 1.68 bits per heavy atom. The van der Waals surface area contributed by atoms with Crippen LogP contribution < -0.4 is 16.6 Å². The highest BCUT2D eigenvalue weighted by Gasteiger charge is 2.30. The number of H-pyrrole nitrogens is 1. The van der Waals surface area contributed by atoms with Gasteiger partial charge in [0.15, 0.2) is 0 Å². The van der Waals surface area contributed by atoms with Gasteiger partial charge < -0.3 is 15.4 Å². The summed E-state index contributed by atoms with van der Waals surface area (Å²) >= 11 is 0. The molecule has 0 saturated carbocycles. The van der Waals surface area contributed by atoms with Crippen molar-refractivity contribution >= 4 is 22.8 Å². The number of fused-ring (bicyclic) bond motifs is 1. The third-order valence-corrected chi connectivity index (χ3v) is 4.47. The molecule has 2 rings (SSSR count). The van der Waals surface area contributed by atoms with Gasteiger partial charge >= 0.3 is 11.7 Å². The van der Waals surface area contributed by atoms with Gasteiger partial charge in [0.1, 0.15) is 12.1 Å². The van der Waals surface area contributed by atoms with Crippen molar-refractivity contribution in [2.24, 2.45) is 11.8 Å². The van der Waals surface area contributed by atoms with Gasteiger partial charge in [0.2, 0.25) is 5.91 Å². The standard InChI is InChI=1S/C20H27N3O5/c1-11(2)9-15(19(26)27)21-17(24)16(10-12(3)4)23-18(25)13-7-5-6-8-14(13)22-20(23)28/h5-8,11-12,15-16H,9-10H2,1-4H3,(H,21,24)(H,22,28)(H,26,27)/t15-,16-/m0/s1. The molecule has 0 fully saturated rings. The van der Waals surface area contributed by atoms with Crippen LogP contribution in [0.3, 0.4) is 0 Å². The molecule has 2 aromatic rings. The van der Waals surface area contributed by atoms with Gasteiger partial charge in [-0.1, -0.05) is 39.8 Å². The molecule has 0 spiro atoms. The van der Waals surface area contributed by atoms with Crippen molar-refractivity contribution in [3.63, 3.8) is 0 Å². The van der Waals surface area contributed by atoms with E-state index in [9.17, 15) is 24.3 Å². The highest BCUT2D eigenvalue weighted by molar-refractivity contribution is 5.86. The minimum Gasteiger partial charge on any atom is -0.480 e. The monoisotopic (exact) mass is 389 g/mol. The number of carbonyl (C=O) groups excluding carboxylic acids is 1. The van der Waals surface area contributed by atoms with Crippen molar-refractivity contribution in [2.75, 3.05) is 0 Å². The molecule has 8 nitrogen and oxygen atoms in total. The zero-order chi connectivity index (χ0) is 21.0. The van der Waals surface area contributed by atoms with Crippen molar-refractivity contribution in [3.8, 4) is 0 Å². The fourth-order valence-corrected chi connectivity index (χ4v) is 3.20. The Labute approximate surface area is 162 Å². The number of nitrogens with one attached hydrogen (secondary N) is 2. The lowest BCUT2D eigenvalue weighted by atomic mass is 10.0. The van der Waals surface area contributed by atoms with Crippen LogP contribution in [0.25, 0.3) is 10.9 Å². The zero-order valence-electron chi connectivity index (χ0n) is 16.6. The topological polar surface area (TPSA) is 121 Å². The second kappa shape index (κ2) is 8.86. The van der Waals surface area contributed by atoms with E-state index < -0.39 is 35.2 Å². The number of amides is 1. The minimum absolute atomic E-state index is 0.00176. The number of carbonyl (C=O) groups is 2. The molecule has 1 aromatic heterocycles. The number of carboxylic acids is 1. The fraction of sp³-hybridized carbons (Fsp3) is 0.500. The van der Waals surface area contributed by atoms with Crippen molar-refractivity contribution < 1.29 is 14.7 Å². The van der Waals surface area contributed by atoms with Crippen molar-refractivity contribution in [3.05, 3.63) is 45.1 Å². The van der Waals surface area contributed by atoms with Gasteiger partial charge in [0.25, 0.3) is 5.56 Å². The minimum atomic E-state index is -1.15. The first-order valence-corrected chi connectivity index (χ1v) is 9.38. The van der Waals surface area contributed by atoms with Crippen molar-refractivity contribution in [1.29, 1.82) is 0 Å². The summed E-state index contributed by atoms with van der Waals surface area (Å²) in [6.45, 7) is 7.44. The number of aromatic nitrogens is 2.